The number of Topliss-reactive ketones (excluding diaryl/α,β-unsaturated/α-hetero) is 1. The molecule has 2 aromatic carbocycles. The van der Waals surface area contributed by atoms with Gasteiger partial charge >= 0.3 is 0 Å². The summed E-state index contributed by atoms with van der Waals surface area (Å²) in [5.41, 5.74) is 1.94. The van der Waals surface area contributed by atoms with E-state index in [0.29, 0.717) is 0 Å². The van der Waals surface area contributed by atoms with E-state index in [1.165, 1.54) is 5.56 Å². The van der Waals surface area contributed by atoms with Crippen LogP contribution >= 0.6 is 0 Å². The minimum Gasteiger partial charge on any atom is -0.497 e. The Morgan fingerprint density at radius 2 is 1.79 bits per heavy atom. The molecule has 0 bridgehead atoms. The molecule has 0 amide bonds. The van der Waals surface area contributed by atoms with Gasteiger partial charge in [0.2, 0.25) is 0 Å². The van der Waals surface area contributed by atoms with Crippen molar-refractivity contribution in [1.82, 2.24) is 4.90 Å². The van der Waals surface area contributed by atoms with E-state index in [9.17, 15) is 4.79 Å². The summed E-state index contributed by atoms with van der Waals surface area (Å²) in [7, 11) is 5.66. The van der Waals surface area contributed by atoms with Crippen molar-refractivity contribution in [2.24, 2.45) is 5.92 Å². The number of nitrogens with zero attached hydrogens (tertiary/aromatic N) is 1. The second-order valence-corrected chi connectivity index (χ2v) is 6.39. The van der Waals surface area contributed by atoms with Crippen molar-refractivity contribution in [3.05, 3.63) is 65.7 Å². The van der Waals surface area contributed by atoms with Crippen molar-refractivity contribution in [3.8, 4) is 5.75 Å². The zero-order valence-electron chi connectivity index (χ0n) is 15.0. The maximum Gasteiger partial charge on any atom is 0.167 e. The summed E-state index contributed by atoms with van der Waals surface area (Å²) < 4.78 is 5.27. The first-order chi connectivity index (χ1) is 11.6. The number of hydrogen-bond donors (Lipinski definition) is 0. The molecule has 2 unspecified atom stereocenters. The van der Waals surface area contributed by atoms with Crippen LogP contribution < -0.4 is 4.74 Å². The zero-order chi connectivity index (χ0) is 17.5. The fraction of sp³-hybridized carbons (Fsp3) is 0.381. The van der Waals surface area contributed by atoms with Gasteiger partial charge < -0.3 is 9.64 Å². The highest BCUT2D eigenvalue weighted by molar-refractivity contribution is 5.99. The summed E-state index contributed by atoms with van der Waals surface area (Å²) in [5, 5.41) is 0. The fourth-order valence-electron chi connectivity index (χ4n) is 3.23. The van der Waals surface area contributed by atoms with Crippen LogP contribution in [-0.2, 0) is 0 Å². The third-order valence-electron chi connectivity index (χ3n) is 4.41. The van der Waals surface area contributed by atoms with Gasteiger partial charge in [0.25, 0.3) is 0 Å². The van der Waals surface area contributed by atoms with Crippen LogP contribution in [0.1, 0.15) is 35.2 Å². The van der Waals surface area contributed by atoms with Gasteiger partial charge in [-0.1, -0.05) is 49.4 Å². The van der Waals surface area contributed by atoms with Crippen LogP contribution in [0.5, 0.6) is 5.75 Å². The molecule has 0 saturated carbocycles. The van der Waals surface area contributed by atoms with Gasteiger partial charge in [0.1, 0.15) is 5.75 Å². The highest BCUT2D eigenvalue weighted by atomic mass is 16.5. The normalized spacial score (nSPS) is 13.5. The Bertz CT molecular complexity index is 652. The number of ether oxygens (including phenoxy) is 1. The molecule has 0 heterocycles. The van der Waals surface area contributed by atoms with Crippen molar-refractivity contribution >= 4 is 5.78 Å². The number of methoxy groups -OCH3 is 1. The SMILES string of the molecule is CCC(c1ccccc1)C(CN(C)C)C(=O)c1cccc(OC)c1. The lowest BCUT2D eigenvalue weighted by molar-refractivity contribution is 0.0870. The zero-order valence-corrected chi connectivity index (χ0v) is 15.0. The highest BCUT2D eigenvalue weighted by Gasteiger charge is 2.29. The molecule has 0 aromatic heterocycles. The Kier molecular flexibility index (Phi) is 6.56. The van der Waals surface area contributed by atoms with Gasteiger partial charge in [0.05, 0.1) is 7.11 Å². The third kappa shape index (κ3) is 4.45. The van der Waals surface area contributed by atoms with Gasteiger partial charge in [-0.2, -0.15) is 0 Å². The van der Waals surface area contributed by atoms with E-state index in [-0.39, 0.29) is 17.6 Å². The maximum absolute atomic E-state index is 13.2. The fourth-order valence-corrected chi connectivity index (χ4v) is 3.23. The second-order valence-electron chi connectivity index (χ2n) is 6.39. The largest absolute Gasteiger partial charge is 0.497 e. The smallest absolute Gasteiger partial charge is 0.167 e. The van der Waals surface area contributed by atoms with Gasteiger partial charge in [0, 0.05) is 18.0 Å². The molecular formula is C21H27NO2. The standard InChI is InChI=1S/C21H27NO2/c1-5-19(16-10-7-6-8-11-16)20(15-22(2)3)21(23)17-12-9-13-18(14-17)24-4/h6-14,19-20H,5,15H2,1-4H3. The van der Waals surface area contributed by atoms with E-state index in [0.717, 1.165) is 24.3 Å². The molecule has 0 aliphatic heterocycles. The van der Waals surface area contributed by atoms with Crippen LogP contribution in [0.4, 0.5) is 0 Å². The van der Waals surface area contributed by atoms with E-state index in [1.807, 2.05) is 56.6 Å². The number of carbonyl (C=O) groups is 1. The second kappa shape index (κ2) is 8.65. The molecule has 2 aromatic rings. The number of rotatable bonds is 8. The molecule has 0 fully saturated rings. The molecule has 24 heavy (non-hydrogen) atoms. The Hall–Kier alpha value is -2.13. The van der Waals surface area contributed by atoms with Crippen LogP contribution in [0.25, 0.3) is 0 Å². The van der Waals surface area contributed by atoms with Gasteiger partial charge in [-0.25, -0.2) is 0 Å². The molecule has 2 atom stereocenters. The molecule has 0 aliphatic carbocycles. The minimum atomic E-state index is -0.0838. The molecule has 0 radical (unpaired) electrons. The predicted molar refractivity (Wildman–Crippen MR) is 98.8 cm³/mol. The quantitative estimate of drug-likeness (QED) is 0.680. The van der Waals surface area contributed by atoms with Gasteiger partial charge in [-0.05, 0) is 44.1 Å². The van der Waals surface area contributed by atoms with Crippen LogP contribution in [0, 0.1) is 5.92 Å². The molecule has 0 spiro atoms. The first-order valence-electron chi connectivity index (χ1n) is 8.44. The molecule has 0 saturated heterocycles. The Labute approximate surface area is 145 Å². The van der Waals surface area contributed by atoms with E-state index in [2.05, 4.69) is 24.0 Å². The van der Waals surface area contributed by atoms with Crippen LogP contribution in [0.3, 0.4) is 0 Å². The monoisotopic (exact) mass is 325 g/mol. The Morgan fingerprint density at radius 3 is 2.38 bits per heavy atom. The topological polar surface area (TPSA) is 29.5 Å². The molecule has 0 N–H and O–H groups in total. The molecular weight excluding hydrogens is 298 g/mol. The minimum absolute atomic E-state index is 0.0838. The summed E-state index contributed by atoms with van der Waals surface area (Å²) in [4.78, 5) is 15.3. The molecule has 128 valence electrons. The van der Waals surface area contributed by atoms with Gasteiger partial charge in [0.15, 0.2) is 5.78 Å². The molecule has 3 heteroatoms. The number of carbonyl (C=O) groups excluding carboxylic acids is 1. The first-order valence-corrected chi connectivity index (χ1v) is 8.44. The van der Waals surface area contributed by atoms with Gasteiger partial charge in [-0.15, -0.1) is 0 Å². The van der Waals surface area contributed by atoms with E-state index >= 15 is 0 Å². The summed E-state index contributed by atoms with van der Waals surface area (Å²) in [5.74, 6) is 1.02. The van der Waals surface area contributed by atoms with E-state index in [4.69, 9.17) is 4.74 Å². The highest BCUT2D eigenvalue weighted by Crippen LogP contribution is 2.31. The van der Waals surface area contributed by atoms with Crippen LogP contribution in [0.2, 0.25) is 0 Å². The lowest BCUT2D eigenvalue weighted by Crippen LogP contribution is -2.32. The van der Waals surface area contributed by atoms with Crippen molar-refractivity contribution in [2.75, 3.05) is 27.7 Å². The summed E-state index contributed by atoms with van der Waals surface area (Å²) >= 11 is 0. The first kappa shape index (κ1) is 18.2. The average molecular weight is 325 g/mol. The molecule has 3 nitrogen and oxygen atoms in total. The van der Waals surface area contributed by atoms with Crippen molar-refractivity contribution < 1.29 is 9.53 Å². The number of benzene rings is 2. The van der Waals surface area contributed by atoms with Crippen molar-refractivity contribution in [2.45, 2.75) is 19.3 Å². The summed E-state index contributed by atoms with van der Waals surface area (Å²) in [6.07, 6.45) is 0.929. The van der Waals surface area contributed by atoms with Crippen LogP contribution in [0.15, 0.2) is 54.6 Å². The Morgan fingerprint density at radius 1 is 1.08 bits per heavy atom. The molecule has 0 aliphatic rings. The van der Waals surface area contributed by atoms with Crippen molar-refractivity contribution in [1.29, 1.82) is 0 Å². The summed E-state index contributed by atoms with van der Waals surface area (Å²) in [6, 6.07) is 17.8. The van der Waals surface area contributed by atoms with Crippen LogP contribution in [-0.4, -0.2) is 38.4 Å². The van der Waals surface area contributed by atoms with E-state index in [1.54, 1.807) is 7.11 Å². The van der Waals surface area contributed by atoms with E-state index < -0.39 is 0 Å². The lowest BCUT2D eigenvalue weighted by atomic mass is 9.79. The number of hydrogen-bond acceptors (Lipinski definition) is 3. The molecule has 2 rings (SSSR count). The maximum atomic E-state index is 13.2. The van der Waals surface area contributed by atoms with Crippen molar-refractivity contribution in [3.63, 3.8) is 0 Å². The Balaban J connectivity index is 2.37. The lowest BCUT2D eigenvalue weighted by Gasteiger charge is -2.28. The third-order valence-corrected chi connectivity index (χ3v) is 4.41. The predicted octanol–water partition coefficient (Wildman–Crippen LogP) is 4.25. The average Bonchev–Trinajstić information content (AvgIpc) is 2.61. The number of ketones is 1. The summed E-state index contributed by atoms with van der Waals surface area (Å²) in [6.45, 7) is 2.88. The van der Waals surface area contributed by atoms with Gasteiger partial charge in [-0.3, -0.25) is 4.79 Å².